The van der Waals surface area contributed by atoms with Gasteiger partial charge in [-0.05, 0) is 43.7 Å². The Kier molecular flexibility index (Phi) is 6.90. The number of alkyl halides is 6. The highest BCUT2D eigenvalue weighted by Crippen LogP contribution is 2.36. The maximum absolute atomic E-state index is 13.1. The Morgan fingerprint density at radius 3 is 2.22 bits per heavy atom. The number of hydrogen-bond acceptors (Lipinski definition) is 5. The molecule has 8 nitrogen and oxygen atoms in total. The molecule has 0 aliphatic carbocycles. The third kappa shape index (κ3) is 6.17. The topological polar surface area (TPSA) is 79.7 Å². The molecule has 0 radical (unpaired) electrons. The summed E-state index contributed by atoms with van der Waals surface area (Å²) in [5.41, 5.74) is -2.87. The van der Waals surface area contributed by atoms with Gasteiger partial charge in [0.15, 0.2) is 5.69 Å². The molecule has 0 spiro atoms. The van der Waals surface area contributed by atoms with Crippen LogP contribution < -0.4 is 5.32 Å². The molecule has 1 fully saturated rings. The Morgan fingerprint density at radius 2 is 1.62 bits per heavy atom. The minimum Gasteiger partial charge on any atom is -0.445 e. The lowest BCUT2D eigenvalue weighted by Crippen LogP contribution is -2.58. The van der Waals surface area contributed by atoms with Crippen molar-refractivity contribution in [1.82, 2.24) is 24.9 Å². The van der Waals surface area contributed by atoms with E-state index in [1.165, 1.54) is 4.90 Å². The number of ether oxygens (including phenoxy) is 1. The molecule has 0 unspecified atom stereocenters. The van der Waals surface area contributed by atoms with E-state index in [1.807, 2.05) is 13.8 Å². The lowest BCUT2D eigenvalue weighted by molar-refractivity contribution is -0.143. The fraction of sp³-hybridized carbons (Fsp3) is 0.522. The first-order valence-corrected chi connectivity index (χ1v) is 11.4. The number of fused-ring (bicyclic) bond motifs is 1. The summed E-state index contributed by atoms with van der Waals surface area (Å²) in [5, 5.41) is 7.66. The average molecular weight is 533 g/mol. The van der Waals surface area contributed by atoms with Crippen LogP contribution in [0.5, 0.6) is 0 Å². The molecule has 37 heavy (non-hydrogen) atoms. The quantitative estimate of drug-likeness (QED) is 0.606. The number of rotatable bonds is 3. The summed E-state index contributed by atoms with van der Waals surface area (Å²) in [4.78, 5) is 28.4. The minimum atomic E-state index is -5.00. The van der Waals surface area contributed by atoms with Crippen molar-refractivity contribution in [3.8, 4) is 0 Å². The highest BCUT2D eigenvalue weighted by atomic mass is 19.4. The molecule has 14 heteroatoms. The Balaban J connectivity index is 1.41. The molecular formula is C23H25F6N5O3. The average Bonchev–Trinajstić information content (AvgIpc) is 3.23. The van der Waals surface area contributed by atoms with Crippen molar-refractivity contribution in [2.24, 2.45) is 0 Å². The molecule has 0 atom stereocenters. The molecule has 2 aromatic rings. The van der Waals surface area contributed by atoms with E-state index < -0.39 is 41.7 Å². The van der Waals surface area contributed by atoms with Gasteiger partial charge >= 0.3 is 18.4 Å². The Morgan fingerprint density at radius 1 is 0.973 bits per heavy atom. The van der Waals surface area contributed by atoms with Crippen LogP contribution in [0.2, 0.25) is 0 Å². The van der Waals surface area contributed by atoms with E-state index >= 15 is 0 Å². The van der Waals surface area contributed by atoms with E-state index in [4.69, 9.17) is 4.74 Å². The smallest absolute Gasteiger partial charge is 0.416 e. The Bertz CT molecular complexity index is 1160. The molecule has 2 aliphatic heterocycles. The van der Waals surface area contributed by atoms with Crippen LogP contribution in [-0.4, -0.2) is 63.3 Å². The van der Waals surface area contributed by atoms with Gasteiger partial charge in [0.1, 0.15) is 6.61 Å². The number of benzene rings is 1. The van der Waals surface area contributed by atoms with Crippen LogP contribution in [0.15, 0.2) is 24.3 Å². The van der Waals surface area contributed by atoms with Gasteiger partial charge in [-0.3, -0.25) is 9.48 Å². The Hall–Kier alpha value is -3.29. The first kappa shape index (κ1) is 26.8. The molecule has 202 valence electrons. The first-order valence-electron chi connectivity index (χ1n) is 11.4. The summed E-state index contributed by atoms with van der Waals surface area (Å²) in [6.45, 7) is 5.25. The molecule has 0 bridgehead atoms. The van der Waals surface area contributed by atoms with Crippen molar-refractivity contribution >= 4 is 12.0 Å². The van der Waals surface area contributed by atoms with Crippen molar-refractivity contribution in [2.75, 3.05) is 26.2 Å². The molecular weight excluding hydrogens is 508 g/mol. The number of halogens is 6. The minimum absolute atomic E-state index is 0.0113. The maximum atomic E-state index is 13.1. The first-order chi connectivity index (χ1) is 17.1. The van der Waals surface area contributed by atoms with Gasteiger partial charge in [-0.15, -0.1) is 0 Å². The van der Waals surface area contributed by atoms with Gasteiger partial charge in [-0.2, -0.15) is 31.4 Å². The van der Waals surface area contributed by atoms with Crippen LogP contribution in [0.3, 0.4) is 0 Å². The van der Waals surface area contributed by atoms with Crippen LogP contribution in [0.25, 0.3) is 0 Å². The van der Waals surface area contributed by atoms with Gasteiger partial charge in [-0.25, -0.2) is 4.79 Å². The van der Waals surface area contributed by atoms with E-state index in [1.54, 1.807) is 15.6 Å². The second-order valence-electron chi connectivity index (χ2n) is 9.67. The number of piperazine rings is 1. The molecule has 2 aliphatic rings. The van der Waals surface area contributed by atoms with Crippen LogP contribution in [-0.2, 0) is 36.8 Å². The highest BCUT2D eigenvalue weighted by Gasteiger charge is 2.37. The number of nitrogens with zero attached hydrogens (tertiary/aromatic N) is 4. The summed E-state index contributed by atoms with van der Waals surface area (Å²) in [6, 6.07) is 2.61. The highest BCUT2D eigenvalue weighted by molar-refractivity contribution is 5.92. The number of amides is 2. The fourth-order valence-electron chi connectivity index (χ4n) is 4.34. The summed E-state index contributed by atoms with van der Waals surface area (Å²) in [7, 11) is 0. The molecule has 1 N–H and O–H groups in total. The van der Waals surface area contributed by atoms with Gasteiger partial charge in [-0.1, -0.05) is 0 Å². The number of aromatic nitrogens is 2. The zero-order chi connectivity index (χ0) is 27.2. The molecule has 4 rings (SSSR count). The van der Waals surface area contributed by atoms with E-state index in [0.717, 1.165) is 0 Å². The molecule has 1 aromatic heterocycles. The van der Waals surface area contributed by atoms with Crippen LogP contribution >= 0.6 is 0 Å². The lowest BCUT2D eigenvalue weighted by Gasteiger charge is -2.38. The van der Waals surface area contributed by atoms with Crippen LogP contribution in [0.4, 0.5) is 31.1 Å². The molecule has 1 saturated heterocycles. The molecule has 1 aromatic carbocycles. The second kappa shape index (κ2) is 9.54. The van der Waals surface area contributed by atoms with Crippen molar-refractivity contribution < 1.29 is 40.7 Å². The number of hydrogen-bond donors (Lipinski definition) is 1. The largest absolute Gasteiger partial charge is 0.445 e. The van der Waals surface area contributed by atoms with E-state index in [0.29, 0.717) is 37.5 Å². The number of nitrogens with one attached hydrogen (secondary N) is 1. The van der Waals surface area contributed by atoms with Crippen molar-refractivity contribution in [3.63, 3.8) is 0 Å². The molecule has 0 saturated carbocycles. The predicted molar refractivity (Wildman–Crippen MR) is 117 cm³/mol. The third-order valence-electron chi connectivity index (χ3n) is 6.14. The van der Waals surface area contributed by atoms with Crippen LogP contribution in [0, 0.1) is 0 Å². The van der Waals surface area contributed by atoms with Crippen molar-refractivity contribution in [1.29, 1.82) is 0 Å². The number of carbonyl (C=O) groups excluding carboxylic acids is 2. The van der Waals surface area contributed by atoms with Crippen molar-refractivity contribution in [2.45, 2.75) is 51.4 Å². The SMILES string of the molecule is CC1(C)CN(C(=O)c2cc3n(n2)CCN(C(=O)OCc2cc(C(F)(F)F)cc(C(F)(F)F)c2)C3)CCN1. The summed E-state index contributed by atoms with van der Waals surface area (Å²) < 4.78 is 85.0. The zero-order valence-corrected chi connectivity index (χ0v) is 20.0. The summed E-state index contributed by atoms with van der Waals surface area (Å²) in [6.07, 6.45) is -10.9. The van der Waals surface area contributed by atoms with E-state index in [2.05, 4.69) is 10.4 Å². The van der Waals surface area contributed by atoms with Gasteiger partial charge in [0.25, 0.3) is 5.91 Å². The van der Waals surface area contributed by atoms with E-state index in [-0.39, 0.29) is 42.8 Å². The lowest BCUT2D eigenvalue weighted by atomic mass is 10.0. The number of carbonyl (C=O) groups is 2. The van der Waals surface area contributed by atoms with Crippen LogP contribution in [0.1, 0.15) is 46.7 Å². The van der Waals surface area contributed by atoms with E-state index in [9.17, 15) is 35.9 Å². The zero-order valence-electron chi connectivity index (χ0n) is 20.0. The maximum Gasteiger partial charge on any atom is 0.416 e. The van der Waals surface area contributed by atoms with Gasteiger partial charge in [0, 0.05) is 31.7 Å². The summed E-state index contributed by atoms with van der Waals surface area (Å²) in [5.74, 6) is -0.240. The summed E-state index contributed by atoms with van der Waals surface area (Å²) >= 11 is 0. The second-order valence-corrected chi connectivity index (χ2v) is 9.67. The molecule has 3 heterocycles. The van der Waals surface area contributed by atoms with Gasteiger partial charge in [0.2, 0.25) is 0 Å². The molecule has 2 amide bonds. The van der Waals surface area contributed by atoms with Gasteiger partial charge in [0.05, 0.1) is 29.9 Å². The Labute approximate surface area is 208 Å². The van der Waals surface area contributed by atoms with Crippen molar-refractivity contribution in [3.05, 3.63) is 52.3 Å². The van der Waals surface area contributed by atoms with Gasteiger partial charge < -0.3 is 19.9 Å². The fourth-order valence-corrected chi connectivity index (χ4v) is 4.34. The standard InChI is InChI=1S/C23H25F6N5O3/c1-21(2)13-33(4-3-30-21)19(35)18-10-17-11-32(5-6-34(17)31-18)20(36)37-12-14-7-15(22(24,25)26)9-16(8-14)23(27,28)29/h7-10,30H,3-6,11-13H2,1-2H3. The monoisotopic (exact) mass is 533 g/mol. The predicted octanol–water partition coefficient (Wildman–Crippen LogP) is 3.90. The third-order valence-corrected chi connectivity index (χ3v) is 6.14. The normalized spacial score (nSPS) is 17.9.